The highest BCUT2D eigenvalue weighted by Gasteiger charge is 2.44. The van der Waals surface area contributed by atoms with E-state index in [1.165, 1.54) is 25.7 Å². The molecule has 0 aromatic heterocycles. The highest BCUT2D eigenvalue weighted by atomic mass is 16.2. The second kappa shape index (κ2) is 5.04. The standard InChI is InChI=1S/C14H26N4O/c1-14(2)8-18(10-5-3-4-6-10)12-11(17-13(14)19)7-15-9-16-12/h10-12,15-16H,3-9H2,1-2H3,(H,17,19). The Morgan fingerprint density at radius 1 is 1.26 bits per heavy atom. The van der Waals surface area contributed by atoms with Gasteiger partial charge >= 0.3 is 0 Å². The summed E-state index contributed by atoms with van der Waals surface area (Å²) >= 11 is 0. The lowest BCUT2D eigenvalue weighted by Crippen LogP contribution is -2.66. The normalized spacial score (nSPS) is 36.6. The first-order valence-electron chi connectivity index (χ1n) is 7.59. The molecule has 5 heteroatoms. The number of nitrogens with one attached hydrogen (secondary N) is 3. The topological polar surface area (TPSA) is 56.4 Å². The van der Waals surface area contributed by atoms with Gasteiger partial charge in [-0.15, -0.1) is 0 Å². The lowest BCUT2D eigenvalue weighted by molar-refractivity contribution is -0.129. The van der Waals surface area contributed by atoms with Crippen molar-refractivity contribution < 1.29 is 4.79 Å². The minimum absolute atomic E-state index is 0.184. The molecule has 3 fully saturated rings. The quantitative estimate of drug-likeness (QED) is 0.636. The van der Waals surface area contributed by atoms with Gasteiger partial charge < -0.3 is 10.6 Å². The van der Waals surface area contributed by atoms with Gasteiger partial charge in [-0.05, 0) is 26.7 Å². The zero-order valence-corrected chi connectivity index (χ0v) is 12.0. The summed E-state index contributed by atoms with van der Waals surface area (Å²) in [5, 5.41) is 10.1. The van der Waals surface area contributed by atoms with Gasteiger partial charge in [0.05, 0.1) is 17.6 Å². The second-order valence-electron chi connectivity index (χ2n) is 6.85. The number of carbonyl (C=O) groups excluding carboxylic acids is 1. The van der Waals surface area contributed by atoms with Crippen LogP contribution in [0.1, 0.15) is 39.5 Å². The maximum atomic E-state index is 12.4. The number of rotatable bonds is 1. The smallest absolute Gasteiger partial charge is 0.227 e. The van der Waals surface area contributed by atoms with Gasteiger partial charge in [-0.3, -0.25) is 15.0 Å². The van der Waals surface area contributed by atoms with Crippen molar-refractivity contribution in [2.75, 3.05) is 19.8 Å². The van der Waals surface area contributed by atoms with E-state index < -0.39 is 0 Å². The van der Waals surface area contributed by atoms with E-state index in [0.29, 0.717) is 6.04 Å². The molecular weight excluding hydrogens is 240 g/mol. The third-order valence-corrected chi connectivity index (χ3v) is 4.84. The van der Waals surface area contributed by atoms with E-state index in [2.05, 4.69) is 34.7 Å². The van der Waals surface area contributed by atoms with Crippen molar-refractivity contribution in [2.45, 2.75) is 57.8 Å². The van der Waals surface area contributed by atoms with Crippen LogP contribution in [0.4, 0.5) is 0 Å². The molecule has 1 aliphatic carbocycles. The molecule has 2 heterocycles. The lowest BCUT2D eigenvalue weighted by Gasteiger charge is -2.42. The number of hydrogen-bond donors (Lipinski definition) is 3. The van der Waals surface area contributed by atoms with Crippen LogP contribution in [0.3, 0.4) is 0 Å². The third kappa shape index (κ3) is 2.51. The Bertz CT molecular complexity index is 351. The number of amides is 1. The molecule has 3 aliphatic rings. The molecule has 1 saturated carbocycles. The van der Waals surface area contributed by atoms with E-state index >= 15 is 0 Å². The van der Waals surface area contributed by atoms with Crippen molar-refractivity contribution >= 4 is 5.91 Å². The van der Waals surface area contributed by atoms with E-state index in [1.54, 1.807) is 0 Å². The molecule has 19 heavy (non-hydrogen) atoms. The highest BCUT2D eigenvalue weighted by molar-refractivity contribution is 5.82. The molecule has 2 aliphatic heterocycles. The summed E-state index contributed by atoms with van der Waals surface area (Å²) in [4.78, 5) is 14.9. The van der Waals surface area contributed by atoms with Crippen LogP contribution in [0.15, 0.2) is 0 Å². The fourth-order valence-corrected chi connectivity index (χ4v) is 3.72. The summed E-state index contributed by atoms with van der Waals surface area (Å²) in [7, 11) is 0. The van der Waals surface area contributed by atoms with Gasteiger partial charge in [-0.2, -0.15) is 0 Å². The van der Waals surface area contributed by atoms with Crippen LogP contribution < -0.4 is 16.0 Å². The van der Waals surface area contributed by atoms with Crippen LogP contribution in [0.25, 0.3) is 0 Å². The minimum Gasteiger partial charge on any atom is -0.349 e. The van der Waals surface area contributed by atoms with Gasteiger partial charge in [0.1, 0.15) is 0 Å². The van der Waals surface area contributed by atoms with E-state index in [4.69, 9.17) is 0 Å². The Kier molecular flexibility index (Phi) is 3.53. The van der Waals surface area contributed by atoms with E-state index in [-0.39, 0.29) is 23.5 Å². The molecule has 3 N–H and O–H groups in total. The van der Waals surface area contributed by atoms with E-state index in [0.717, 1.165) is 19.8 Å². The minimum atomic E-state index is -0.304. The third-order valence-electron chi connectivity index (χ3n) is 4.84. The average Bonchev–Trinajstić information content (AvgIpc) is 2.87. The Hall–Kier alpha value is -0.650. The van der Waals surface area contributed by atoms with Crippen molar-refractivity contribution in [3.8, 4) is 0 Å². The van der Waals surface area contributed by atoms with Crippen LogP contribution in [0.5, 0.6) is 0 Å². The van der Waals surface area contributed by atoms with E-state index in [9.17, 15) is 4.79 Å². The van der Waals surface area contributed by atoms with Crippen LogP contribution in [-0.2, 0) is 4.79 Å². The predicted molar refractivity (Wildman–Crippen MR) is 74.5 cm³/mol. The molecule has 108 valence electrons. The maximum Gasteiger partial charge on any atom is 0.227 e. The van der Waals surface area contributed by atoms with Gasteiger partial charge in [0, 0.05) is 25.8 Å². The number of hydrogen-bond acceptors (Lipinski definition) is 4. The van der Waals surface area contributed by atoms with Crippen LogP contribution >= 0.6 is 0 Å². The van der Waals surface area contributed by atoms with Gasteiger partial charge in [-0.1, -0.05) is 12.8 Å². The van der Waals surface area contributed by atoms with E-state index in [1.807, 2.05) is 0 Å². The number of carbonyl (C=O) groups is 1. The highest BCUT2D eigenvalue weighted by Crippen LogP contribution is 2.31. The molecule has 0 aromatic rings. The molecule has 0 bridgehead atoms. The zero-order valence-electron chi connectivity index (χ0n) is 12.0. The summed E-state index contributed by atoms with van der Waals surface area (Å²) in [5.74, 6) is 0.188. The van der Waals surface area contributed by atoms with Crippen LogP contribution in [-0.4, -0.2) is 48.8 Å². The van der Waals surface area contributed by atoms with Crippen molar-refractivity contribution in [3.05, 3.63) is 0 Å². The predicted octanol–water partition coefficient (Wildman–Crippen LogP) is 0.232. The van der Waals surface area contributed by atoms with Gasteiger partial charge in [-0.25, -0.2) is 0 Å². The summed E-state index contributed by atoms with van der Waals surface area (Å²) in [6.07, 6.45) is 5.51. The maximum absolute atomic E-state index is 12.4. The Balaban J connectivity index is 1.86. The average molecular weight is 266 g/mol. The van der Waals surface area contributed by atoms with Crippen LogP contribution in [0, 0.1) is 5.41 Å². The van der Waals surface area contributed by atoms with Crippen molar-refractivity contribution in [3.63, 3.8) is 0 Å². The van der Waals surface area contributed by atoms with Crippen molar-refractivity contribution in [2.24, 2.45) is 5.41 Å². The molecule has 1 amide bonds. The molecule has 0 aromatic carbocycles. The molecular formula is C14H26N4O. The van der Waals surface area contributed by atoms with Crippen molar-refractivity contribution in [1.29, 1.82) is 0 Å². The molecule has 5 nitrogen and oxygen atoms in total. The summed E-state index contributed by atoms with van der Waals surface area (Å²) < 4.78 is 0. The lowest BCUT2D eigenvalue weighted by atomic mass is 9.91. The van der Waals surface area contributed by atoms with Crippen molar-refractivity contribution in [1.82, 2.24) is 20.9 Å². The first kappa shape index (κ1) is 13.3. The second-order valence-corrected chi connectivity index (χ2v) is 6.85. The first-order valence-corrected chi connectivity index (χ1v) is 7.59. The van der Waals surface area contributed by atoms with Gasteiger partial charge in [0.15, 0.2) is 0 Å². The largest absolute Gasteiger partial charge is 0.349 e. The first-order chi connectivity index (χ1) is 9.08. The molecule has 2 atom stereocenters. The van der Waals surface area contributed by atoms with Gasteiger partial charge in [0.25, 0.3) is 0 Å². The fourth-order valence-electron chi connectivity index (χ4n) is 3.72. The molecule has 0 spiro atoms. The molecule has 2 unspecified atom stereocenters. The van der Waals surface area contributed by atoms with Gasteiger partial charge in [0.2, 0.25) is 5.91 Å². The summed E-state index contributed by atoms with van der Waals surface area (Å²) in [5.41, 5.74) is -0.304. The monoisotopic (exact) mass is 266 g/mol. The summed E-state index contributed by atoms with van der Waals surface area (Å²) in [6, 6.07) is 0.827. The zero-order chi connectivity index (χ0) is 13.5. The number of fused-ring (bicyclic) bond motifs is 1. The fraction of sp³-hybridized carbons (Fsp3) is 0.929. The Labute approximate surface area is 115 Å². The molecule has 3 rings (SSSR count). The Morgan fingerprint density at radius 2 is 2.00 bits per heavy atom. The Morgan fingerprint density at radius 3 is 2.74 bits per heavy atom. The van der Waals surface area contributed by atoms with Crippen LogP contribution in [0.2, 0.25) is 0 Å². The summed E-state index contributed by atoms with van der Waals surface area (Å²) in [6.45, 7) is 6.69. The number of nitrogens with zero attached hydrogens (tertiary/aromatic N) is 1. The SMILES string of the molecule is CC1(C)CN(C2CCCC2)C2NCNCC2NC1=O. The molecule has 0 radical (unpaired) electrons. The molecule has 2 saturated heterocycles.